The van der Waals surface area contributed by atoms with E-state index in [9.17, 15) is 4.79 Å². The Labute approximate surface area is 108 Å². The molecule has 0 saturated carbocycles. The van der Waals surface area contributed by atoms with Crippen LogP contribution in [0.1, 0.15) is 25.3 Å². The van der Waals surface area contributed by atoms with E-state index in [2.05, 4.69) is 0 Å². The van der Waals surface area contributed by atoms with Crippen LogP contribution >= 0.6 is 0 Å². The zero-order chi connectivity index (χ0) is 13.1. The molecule has 0 aromatic heterocycles. The van der Waals surface area contributed by atoms with Gasteiger partial charge in [0.2, 0.25) is 0 Å². The van der Waals surface area contributed by atoms with Crippen LogP contribution in [0.3, 0.4) is 0 Å². The topological polar surface area (TPSA) is 55.6 Å². The van der Waals surface area contributed by atoms with E-state index in [1.54, 1.807) is 0 Å². The molecule has 0 saturated heterocycles. The van der Waals surface area contributed by atoms with Gasteiger partial charge in [-0.25, -0.2) is 0 Å². The summed E-state index contributed by atoms with van der Waals surface area (Å²) < 4.78 is 5.74. The number of amides is 1. The van der Waals surface area contributed by atoms with Gasteiger partial charge in [-0.3, -0.25) is 4.79 Å². The van der Waals surface area contributed by atoms with E-state index in [1.165, 1.54) is 0 Å². The van der Waals surface area contributed by atoms with Crippen LogP contribution in [-0.4, -0.2) is 25.1 Å². The zero-order valence-electron chi connectivity index (χ0n) is 11.0. The van der Waals surface area contributed by atoms with Gasteiger partial charge in [0, 0.05) is 6.54 Å². The van der Waals surface area contributed by atoms with Crippen molar-refractivity contribution in [2.75, 3.05) is 18.0 Å². The monoisotopic (exact) mass is 248 g/mol. The summed E-state index contributed by atoms with van der Waals surface area (Å²) in [5.41, 5.74) is 7.54. The lowest BCUT2D eigenvalue weighted by Crippen LogP contribution is -2.46. The molecule has 0 aliphatic carbocycles. The maximum absolute atomic E-state index is 12.3. The summed E-state index contributed by atoms with van der Waals surface area (Å²) in [6.07, 6.45) is 1.12. The largest absolute Gasteiger partial charge is 0.478 e. The van der Waals surface area contributed by atoms with E-state index in [-0.39, 0.29) is 12.0 Å². The smallest absolute Gasteiger partial charge is 0.268 e. The average molecular weight is 248 g/mol. The first-order chi connectivity index (χ1) is 8.67. The minimum atomic E-state index is -0.363. The van der Waals surface area contributed by atoms with Crippen LogP contribution in [0.2, 0.25) is 0 Å². The van der Waals surface area contributed by atoms with Gasteiger partial charge < -0.3 is 15.4 Å². The van der Waals surface area contributed by atoms with Gasteiger partial charge >= 0.3 is 0 Å². The van der Waals surface area contributed by atoms with Gasteiger partial charge in [0.1, 0.15) is 5.75 Å². The van der Waals surface area contributed by atoms with Gasteiger partial charge in [-0.2, -0.15) is 0 Å². The molecule has 0 fully saturated rings. The standard InChI is InChI=1S/C14H20N2O2/c1-3-12-14(17)16(8-4-7-15)11-9-10(2)5-6-13(11)18-12/h5-6,9,12H,3-4,7-8,15H2,1-2H3. The molecule has 1 atom stereocenters. The molecule has 2 N–H and O–H groups in total. The number of benzene rings is 1. The van der Waals surface area contributed by atoms with Crippen LogP contribution < -0.4 is 15.4 Å². The number of hydrogen-bond acceptors (Lipinski definition) is 3. The highest BCUT2D eigenvalue weighted by atomic mass is 16.5. The SMILES string of the molecule is CCC1Oc2ccc(C)cc2N(CCCN)C1=O. The lowest BCUT2D eigenvalue weighted by atomic mass is 10.1. The number of carbonyl (C=O) groups excluding carboxylic acids is 1. The molecule has 1 heterocycles. The second-order valence-corrected chi connectivity index (χ2v) is 4.62. The number of aryl methyl sites for hydroxylation is 1. The molecular formula is C14H20N2O2. The number of rotatable bonds is 4. The van der Waals surface area contributed by atoms with Crippen LogP contribution in [-0.2, 0) is 4.79 Å². The molecule has 0 bridgehead atoms. The van der Waals surface area contributed by atoms with Crippen molar-refractivity contribution in [1.82, 2.24) is 0 Å². The van der Waals surface area contributed by atoms with Gasteiger partial charge in [0.25, 0.3) is 5.91 Å². The van der Waals surface area contributed by atoms with Gasteiger partial charge in [0.05, 0.1) is 5.69 Å². The number of carbonyl (C=O) groups is 1. The Balaban J connectivity index is 2.36. The summed E-state index contributed by atoms with van der Waals surface area (Å²) in [6.45, 7) is 5.22. The van der Waals surface area contributed by atoms with Crippen LogP contribution in [0, 0.1) is 6.92 Å². The first-order valence-corrected chi connectivity index (χ1v) is 6.46. The average Bonchev–Trinajstić information content (AvgIpc) is 2.37. The molecule has 1 amide bonds. The molecule has 0 spiro atoms. The summed E-state index contributed by atoms with van der Waals surface area (Å²) in [7, 11) is 0. The van der Waals surface area contributed by atoms with Crippen molar-refractivity contribution >= 4 is 11.6 Å². The molecule has 18 heavy (non-hydrogen) atoms. The van der Waals surface area contributed by atoms with Crippen molar-refractivity contribution < 1.29 is 9.53 Å². The molecule has 1 unspecified atom stereocenters. The second kappa shape index (κ2) is 5.40. The van der Waals surface area contributed by atoms with Gasteiger partial charge in [-0.15, -0.1) is 0 Å². The first-order valence-electron chi connectivity index (χ1n) is 6.46. The molecule has 2 rings (SSSR count). The van der Waals surface area contributed by atoms with E-state index in [0.717, 1.165) is 23.4 Å². The van der Waals surface area contributed by atoms with E-state index >= 15 is 0 Å². The fourth-order valence-electron chi connectivity index (χ4n) is 2.17. The van der Waals surface area contributed by atoms with E-state index in [0.29, 0.717) is 19.5 Å². The fourth-order valence-corrected chi connectivity index (χ4v) is 2.17. The van der Waals surface area contributed by atoms with Crippen molar-refractivity contribution in [2.45, 2.75) is 32.8 Å². The highest BCUT2D eigenvalue weighted by molar-refractivity contribution is 6.00. The molecule has 4 nitrogen and oxygen atoms in total. The van der Waals surface area contributed by atoms with Crippen LogP contribution in [0.5, 0.6) is 5.75 Å². The lowest BCUT2D eigenvalue weighted by molar-refractivity contribution is -0.126. The number of fused-ring (bicyclic) bond motifs is 1. The third kappa shape index (κ3) is 2.34. The van der Waals surface area contributed by atoms with E-state index in [1.807, 2.05) is 36.9 Å². The second-order valence-electron chi connectivity index (χ2n) is 4.62. The van der Waals surface area contributed by atoms with Crippen LogP contribution in [0.15, 0.2) is 18.2 Å². The minimum absolute atomic E-state index is 0.0454. The summed E-state index contributed by atoms with van der Waals surface area (Å²) >= 11 is 0. The van der Waals surface area contributed by atoms with Gasteiger partial charge in [-0.1, -0.05) is 13.0 Å². The van der Waals surface area contributed by atoms with Crippen molar-refractivity contribution in [3.05, 3.63) is 23.8 Å². The molecule has 98 valence electrons. The van der Waals surface area contributed by atoms with Crippen molar-refractivity contribution in [3.63, 3.8) is 0 Å². The number of nitrogens with zero attached hydrogens (tertiary/aromatic N) is 1. The lowest BCUT2D eigenvalue weighted by Gasteiger charge is -2.34. The predicted molar refractivity (Wildman–Crippen MR) is 71.9 cm³/mol. The van der Waals surface area contributed by atoms with Gasteiger partial charge in [0.15, 0.2) is 6.10 Å². The number of anilines is 1. The Morgan fingerprint density at radius 1 is 1.44 bits per heavy atom. The van der Waals surface area contributed by atoms with E-state index < -0.39 is 0 Å². The molecular weight excluding hydrogens is 228 g/mol. The quantitative estimate of drug-likeness (QED) is 0.884. The van der Waals surface area contributed by atoms with Crippen molar-refractivity contribution in [3.8, 4) is 5.75 Å². The molecule has 4 heteroatoms. The van der Waals surface area contributed by atoms with Crippen molar-refractivity contribution in [1.29, 1.82) is 0 Å². The fraction of sp³-hybridized carbons (Fsp3) is 0.500. The predicted octanol–water partition coefficient (Wildman–Crippen LogP) is 1.85. The van der Waals surface area contributed by atoms with E-state index in [4.69, 9.17) is 10.5 Å². The third-order valence-corrected chi connectivity index (χ3v) is 3.17. The summed E-state index contributed by atoms with van der Waals surface area (Å²) in [4.78, 5) is 14.1. The maximum Gasteiger partial charge on any atom is 0.268 e. The highest BCUT2D eigenvalue weighted by Gasteiger charge is 2.32. The Morgan fingerprint density at radius 2 is 2.22 bits per heavy atom. The van der Waals surface area contributed by atoms with Crippen LogP contribution in [0.4, 0.5) is 5.69 Å². The Morgan fingerprint density at radius 3 is 2.89 bits per heavy atom. The molecule has 1 aliphatic heterocycles. The molecule has 1 aromatic carbocycles. The summed E-state index contributed by atoms with van der Waals surface area (Å²) in [5.74, 6) is 0.841. The Hall–Kier alpha value is -1.55. The molecule has 1 aliphatic rings. The Bertz CT molecular complexity index is 445. The molecule has 1 aromatic rings. The highest BCUT2D eigenvalue weighted by Crippen LogP contribution is 2.35. The van der Waals surface area contributed by atoms with Crippen LogP contribution in [0.25, 0.3) is 0 Å². The number of ether oxygens (including phenoxy) is 1. The van der Waals surface area contributed by atoms with Gasteiger partial charge in [-0.05, 0) is 44.0 Å². The minimum Gasteiger partial charge on any atom is -0.478 e. The summed E-state index contributed by atoms with van der Waals surface area (Å²) in [5, 5.41) is 0. The number of nitrogens with two attached hydrogens (primary N) is 1. The third-order valence-electron chi connectivity index (χ3n) is 3.17. The number of hydrogen-bond donors (Lipinski definition) is 1. The summed E-state index contributed by atoms with van der Waals surface area (Å²) in [6, 6.07) is 5.94. The normalized spacial score (nSPS) is 18.5. The Kier molecular flexibility index (Phi) is 3.87. The first kappa shape index (κ1) is 12.9. The molecule has 0 radical (unpaired) electrons. The maximum atomic E-state index is 12.3. The zero-order valence-corrected chi connectivity index (χ0v) is 11.0. The van der Waals surface area contributed by atoms with Crippen molar-refractivity contribution in [2.24, 2.45) is 5.73 Å².